The molecule has 0 radical (unpaired) electrons. The number of hydrogen-bond acceptors (Lipinski definition) is 4. The summed E-state index contributed by atoms with van der Waals surface area (Å²) in [6.07, 6.45) is -1.03. The molecule has 0 bridgehead atoms. The number of amides is 1. The van der Waals surface area contributed by atoms with Gasteiger partial charge in [0, 0.05) is 5.69 Å². The molecule has 1 N–H and O–H groups in total. The van der Waals surface area contributed by atoms with E-state index in [4.69, 9.17) is 44.3 Å². The van der Waals surface area contributed by atoms with Crippen molar-refractivity contribution in [3.05, 3.63) is 57.0 Å². The average Bonchev–Trinajstić information content (AvgIpc) is 2.57. The number of hydrogen-bond donors (Lipinski definition) is 1. The van der Waals surface area contributed by atoms with Crippen molar-refractivity contribution < 1.29 is 19.1 Å². The summed E-state index contributed by atoms with van der Waals surface area (Å²) >= 11 is 17.7. The molecule has 0 aliphatic heterocycles. The summed E-state index contributed by atoms with van der Waals surface area (Å²) in [5.41, 5.74) is 0.648. The predicted molar refractivity (Wildman–Crippen MR) is 98.0 cm³/mol. The van der Waals surface area contributed by atoms with Crippen LogP contribution in [0.5, 0.6) is 5.75 Å². The Kier molecular flexibility index (Phi) is 6.53. The average molecular weight is 403 g/mol. The molecule has 8 heteroatoms. The molecule has 1 amide bonds. The first-order valence-electron chi connectivity index (χ1n) is 7.12. The van der Waals surface area contributed by atoms with Gasteiger partial charge in [0.1, 0.15) is 5.75 Å². The molecule has 2 rings (SSSR count). The third-order valence-electron chi connectivity index (χ3n) is 3.23. The van der Waals surface area contributed by atoms with Crippen molar-refractivity contribution in [3.63, 3.8) is 0 Å². The van der Waals surface area contributed by atoms with Gasteiger partial charge in [-0.15, -0.1) is 0 Å². The highest BCUT2D eigenvalue weighted by Crippen LogP contribution is 2.27. The van der Waals surface area contributed by atoms with Gasteiger partial charge in [-0.1, -0.05) is 34.8 Å². The molecule has 0 fully saturated rings. The third kappa shape index (κ3) is 5.01. The molecule has 2 aromatic rings. The van der Waals surface area contributed by atoms with Gasteiger partial charge >= 0.3 is 5.97 Å². The van der Waals surface area contributed by atoms with Crippen LogP contribution < -0.4 is 10.1 Å². The second-order valence-electron chi connectivity index (χ2n) is 5.02. The normalized spacial score (nSPS) is 11.6. The number of methoxy groups -OCH3 is 1. The van der Waals surface area contributed by atoms with Crippen molar-refractivity contribution in [2.75, 3.05) is 12.4 Å². The summed E-state index contributed by atoms with van der Waals surface area (Å²) < 4.78 is 10.2. The summed E-state index contributed by atoms with van der Waals surface area (Å²) in [7, 11) is 1.49. The topological polar surface area (TPSA) is 64.6 Å². The van der Waals surface area contributed by atoms with Gasteiger partial charge in [-0.05, 0) is 43.3 Å². The maximum absolute atomic E-state index is 12.2. The summed E-state index contributed by atoms with van der Waals surface area (Å²) in [5, 5.41) is 3.50. The molecule has 5 nitrogen and oxygen atoms in total. The van der Waals surface area contributed by atoms with Gasteiger partial charge in [-0.25, -0.2) is 4.79 Å². The van der Waals surface area contributed by atoms with Crippen LogP contribution in [-0.2, 0) is 9.53 Å². The Morgan fingerprint density at radius 2 is 1.72 bits per heavy atom. The van der Waals surface area contributed by atoms with E-state index in [0.29, 0.717) is 21.5 Å². The van der Waals surface area contributed by atoms with E-state index >= 15 is 0 Å². The minimum atomic E-state index is -1.03. The van der Waals surface area contributed by atoms with Crippen LogP contribution in [0.2, 0.25) is 15.1 Å². The number of nitrogens with one attached hydrogen (secondary N) is 1. The fraction of sp³-hybridized carbons (Fsp3) is 0.176. The van der Waals surface area contributed by atoms with E-state index < -0.39 is 18.0 Å². The fourth-order valence-corrected chi connectivity index (χ4v) is 2.45. The Labute approximate surface area is 159 Å². The first-order chi connectivity index (χ1) is 11.8. The molecular formula is C17H14Cl3NO4. The summed E-state index contributed by atoms with van der Waals surface area (Å²) in [5.74, 6) is -0.706. The Balaban J connectivity index is 2.01. The third-order valence-corrected chi connectivity index (χ3v) is 4.26. The molecule has 0 saturated carbocycles. The smallest absolute Gasteiger partial charge is 0.338 e. The molecule has 2 aromatic carbocycles. The Morgan fingerprint density at radius 3 is 2.32 bits per heavy atom. The van der Waals surface area contributed by atoms with Crippen LogP contribution in [0.3, 0.4) is 0 Å². The molecule has 0 aliphatic carbocycles. The molecule has 1 unspecified atom stereocenters. The Bertz CT molecular complexity index is 810. The van der Waals surface area contributed by atoms with Crippen molar-refractivity contribution in [1.82, 2.24) is 0 Å². The van der Waals surface area contributed by atoms with Crippen LogP contribution in [0.1, 0.15) is 17.3 Å². The first-order valence-corrected chi connectivity index (χ1v) is 8.25. The predicted octanol–water partition coefficient (Wildman–Crippen LogP) is 4.84. The van der Waals surface area contributed by atoms with Crippen LogP contribution >= 0.6 is 34.8 Å². The van der Waals surface area contributed by atoms with Crippen LogP contribution in [0.25, 0.3) is 0 Å². The van der Waals surface area contributed by atoms with Gasteiger partial charge in [0.25, 0.3) is 5.91 Å². The van der Waals surface area contributed by atoms with Gasteiger partial charge in [0.2, 0.25) is 0 Å². The van der Waals surface area contributed by atoms with E-state index in [1.54, 1.807) is 12.1 Å². The van der Waals surface area contributed by atoms with Crippen molar-refractivity contribution in [2.24, 2.45) is 0 Å². The molecular weight excluding hydrogens is 389 g/mol. The van der Waals surface area contributed by atoms with E-state index in [1.807, 2.05) is 0 Å². The van der Waals surface area contributed by atoms with Crippen LogP contribution in [0.4, 0.5) is 5.69 Å². The molecule has 0 aliphatic rings. The number of esters is 1. The van der Waals surface area contributed by atoms with Crippen molar-refractivity contribution in [1.29, 1.82) is 0 Å². The fourth-order valence-electron chi connectivity index (χ4n) is 1.89. The zero-order chi connectivity index (χ0) is 18.6. The van der Waals surface area contributed by atoms with E-state index in [2.05, 4.69) is 5.32 Å². The lowest BCUT2D eigenvalue weighted by Gasteiger charge is -2.14. The highest BCUT2D eigenvalue weighted by Gasteiger charge is 2.20. The monoisotopic (exact) mass is 401 g/mol. The second kappa shape index (κ2) is 8.43. The van der Waals surface area contributed by atoms with Gasteiger partial charge in [0.05, 0.1) is 27.7 Å². The Morgan fingerprint density at radius 1 is 1.00 bits per heavy atom. The van der Waals surface area contributed by atoms with E-state index in [9.17, 15) is 9.59 Å². The van der Waals surface area contributed by atoms with E-state index in [0.717, 1.165) is 0 Å². The lowest BCUT2D eigenvalue weighted by molar-refractivity contribution is -0.123. The Hall–Kier alpha value is -1.95. The number of rotatable bonds is 5. The SMILES string of the molecule is COc1ccc(NC(=O)C(C)OC(=O)c2ccc(Cl)c(Cl)c2)cc1Cl. The first kappa shape index (κ1) is 19.4. The zero-order valence-corrected chi connectivity index (χ0v) is 15.6. The number of halogens is 3. The highest BCUT2D eigenvalue weighted by atomic mass is 35.5. The highest BCUT2D eigenvalue weighted by molar-refractivity contribution is 6.42. The summed E-state index contributed by atoms with van der Waals surface area (Å²) in [6.45, 7) is 1.45. The molecule has 0 saturated heterocycles. The van der Waals surface area contributed by atoms with Crippen LogP contribution in [-0.4, -0.2) is 25.1 Å². The summed E-state index contributed by atoms with van der Waals surface area (Å²) in [4.78, 5) is 24.2. The van der Waals surface area contributed by atoms with Gasteiger partial charge < -0.3 is 14.8 Å². The number of carbonyl (C=O) groups excluding carboxylic acids is 2. The molecule has 0 aromatic heterocycles. The minimum absolute atomic E-state index is 0.196. The van der Waals surface area contributed by atoms with Crippen molar-refractivity contribution >= 4 is 52.4 Å². The number of anilines is 1. The van der Waals surface area contributed by atoms with Crippen LogP contribution in [0, 0.1) is 0 Å². The number of carbonyl (C=O) groups is 2. The molecule has 0 spiro atoms. The van der Waals surface area contributed by atoms with E-state index in [1.165, 1.54) is 38.3 Å². The van der Waals surface area contributed by atoms with Crippen molar-refractivity contribution in [2.45, 2.75) is 13.0 Å². The maximum Gasteiger partial charge on any atom is 0.338 e. The quantitative estimate of drug-likeness (QED) is 0.727. The number of benzene rings is 2. The van der Waals surface area contributed by atoms with Crippen LogP contribution in [0.15, 0.2) is 36.4 Å². The summed E-state index contributed by atoms with van der Waals surface area (Å²) in [6, 6.07) is 9.08. The zero-order valence-electron chi connectivity index (χ0n) is 13.3. The number of ether oxygens (including phenoxy) is 2. The minimum Gasteiger partial charge on any atom is -0.495 e. The largest absolute Gasteiger partial charge is 0.495 e. The molecule has 1 atom stereocenters. The lowest BCUT2D eigenvalue weighted by Crippen LogP contribution is -2.30. The van der Waals surface area contributed by atoms with Gasteiger partial charge in [-0.2, -0.15) is 0 Å². The molecule has 25 heavy (non-hydrogen) atoms. The van der Waals surface area contributed by atoms with Crippen molar-refractivity contribution in [3.8, 4) is 5.75 Å². The molecule has 0 heterocycles. The maximum atomic E-state index is 12.2. The van der Waals surface area contributed by atoms with Gasteiger partial charge in [0.15, 0.2) is 6.10 Å². The van der Waals surface area contributed by atoms with E-state index in [-0.39, 0.29) is 10.6 Å². The standard InChI is InChI=1S/C17H14Cl3NO4/c1-9(25-17(23)10-3-5-12(18)13(19)7-10)16(22)21-11-4-6-15(24-2)14(20)8-11/h3-9H,1-2H3,(H,21,22). The lowest BCUT2D eigenvalue weighted by atomic mass is 10.2. The second-order valence-corrected chi connectivity index (χ2v) is 6.24. The van der Waals surface area contributed by atoms with Gasteiger partial charge in [-0.3, -0.25) is 4.79 Å². The molecule has 132 valence electrons.